The Hall–Kier alpha value is -1.24. The maximum absolute atomic E-state index is 5.49. The molecular formula is C11H16N4OS. The molecular weight excluding hydrogens is 236 g/mol. The van der Waals surface area contributed by atoms with Gasteiger partial charge in [0.15, 0.2) is 11.6 Å². The summed E-state index contributed by atoms with van der Waals surface area (Å²) in [6, 6.07) is 2.03. The van der Waals surface area contributed by atoms with Gasteiger partial charge in [-0.25, -0.2) is 15.8 Å². The minimum atomic E-state index is -0.126. The summed E-state index contributed by atoms with van der Waals surface area (Å²) in [7, 11) is 0. The van der Waals surface area contributed by atoms with E-state index in [4.69, 9.17) is 10.6 Å². The number of fused-ring (bicyclic) bond motifs is 1. The van der Waals surface area contributed by atoms with Crippen molar-refractivity contribution in [2.75, 3.05) is 12.0 Å². The van der Waals surface area contributed by atoms with Crippen molar-refractivity contribution in [3.05, 3.63) is 16.8 Å². The molecule has 0 saturated carbocycles. The highest BCUT2D eigenvalue weighted by Crippen LogP contribution is 2.29. The number of hydrazine groups is 1. The number of nitrogens with one attached hydrogen (secondary N) is 1. The Kier molecular flexibility index (Phi) is 3.56. The third-order valence-electron chi connectivity index (χ3n) is 2.45. The average Bonchev–Trinajstić information content (AvgIpc) is 2.68. The van der Waals surface area contributed by atoms with Crippen molar-refractivity contribution in [2.45, 2.75) is 26.9 Å². The third kappa shape index (κ3) is 2.38. The molecule has 5 nitrogen and oxygen atoms in total. The lowest BCUT2D eigenvalue weighted by Crippen LogP contribution is -2.12. The number of nitrogen functional groups attached to an aromatic ring is 1. The molecule has 2 rings (SSSR count). The molecule has 0 aliphatic heterocycles. The van der Waals surface area contributed by atoms with Gasteiger partial charge in [0.1, 0.15) is 10.9 Å². The number of hydrogen-bond acceptors (Lipinski definition) is 6. The van der Waals surface area contributed by atoms with Gasteiger partial charge in [-0.3, -0.25) is 0 Å². The van der Waals surface area contributed by atoms with Gasteiger partial charge in [0.25, 0.3) is 0 Å². The first kappa shape index (κ1) is 12.2. The quantitative estimate of drug-likeness (QED) is 0.645. The second kappa shape index (κ2) is 4.95. The summed E-state index contributed by atoms with van der Waals surface area (Å²) in [6.07, 6.45) is -0.126. The number of ether oxygens (including phenoxy) is 1. The number of aromatic nitrogens is 2. The number of aryl methyl sites for hydroxylation is 1. The Bertz CT molecular complexity index is 525. The largest absolute Gasteiger partial charge is 0.371 e. The second-order valence-corrected chi connectivity index (χ2v) is 4.98. The Morgan fingerprint density at radius 2 is 2.29 bits per heavy atom. The van der Waals surface area contributed by atoms with Crippen LogP contribution < -0.4 is 11.3 Å². The maximum Gasteiger partial charge on any atom is 0.160 e. The van der Waals surface area contributed by atoms with Crippen molar-refractivity contribution in [2.24, 2.45) is 5.84 Å². The Labute approximate surface area is 104 Å². The first-order valence-electron chi connectivity index (χ1n) is 5.52. The van der Waals surface area contributed by atoms with Crippen LogP contribution in [0.3, 0.4) is 0 Å². The second-order valence-electron chi connectivity index (χ2n) is 3.75. The molecule has 0 radical (unpaired) electrons. The van der Waals surface area contributed by atoms with E-state index in [1.54, 1.807) is 11.3 Å². The minimum Gasteiger partial charge on any atom is -0.371 e. The van der Waals surface area contributed by atoms with Crippen LogP contribution in [-0.4, -0.2) is 16.6 Å². The van der Waals surface area contributed by atoms with E-state index in [0.29, 0.717) is 18.2 Å². The summed E-state index contributed by atoms with van der Waals surface area (Å²) < 4.78 is 5.49. The molecule has 1 atom stereocenters. The van der Waals surface area contributed by atoms with Crippen LogP contribution in [0.2, 0.25) is 0 Å². The molecule has 0 aliphatic carbocycles. The number of rotatable bonds is 4. The van der Waals surface area contributed by atoms with Crippen LogP contribution in [0.5, 0.6) is 0 Å². The number of nitrogens with zero attached hydrogens (tertiary/aromatic N) is 2. The zero-order valence-corrected chi connectivity index (χ0v) is 11.0. The van der Waals surface area contributed by atoms with Crippen LogP contribution in [0.4, 0.5) is 5.82 Å². The Morgan fingerprint density at radius 3 is 2.94 bits per heavy atom. The lowest BCUT2D eigenvalue weighted by atomic mass is 10.3. The highest BCUT2D eigenvalue weighted by molar-refractivity contribution is 7.18. The summed E-state index contributed by atoms with van der Waals surface area (Å²) in [5, 5.41) is 0.961. The average molecular weight is 252 g/mol. The van der Waals surface area contributed by atoms with E-state index < -0.39 is 0 Å². The molecule has 1 unspecified atom stereocenters. The lowest BCUT2D eigenvalue weighted by Gasteiger charge is -2.11. The summed E-state index contributed by atoms with van der Waals surface area (Å²) in [6.45, 7) is 6.56. The molecule has 0 spiro atoms. The van der Waals surface area contributed by atoms with Gasteiger partial charge in [-0.1, -0.05) is 0 Å². The van der Waals surface area contributed by atoms with E-state index in [9.17, 15) is 0 Å². The van der Waals surface area contributed by atoms with Crippen molar-refractivity contribution < 1.29 is 4.74 Å². The molecule has 17 heavy (non-hydrogen) atoms. The zero-order valence-electron chi connectivity index (χ0n) is 10.2. The lowest BCUT2D eigenvalue weighted by molar-refractivity contribution is 0.0704. The fourth-order valence-corrected chi connectivity index (χ4v) is 2.56. The minimum absolute atomic E-state index is 0.126. The van der Waals surface area contributed by atoms with Crippen molar-refractivity contribution in [3.8, 4) is 0 Å². The van der Waals surface area contributed by atoms with Crippen molar-refractivity contribution in [1.29, 1.82) is 0 Å². The third-order valence-corrected chi connectivity index (χ3v) is 3.39. The summed E-state index contributed by atoms with van der Waals surface area (Å²) in [5.74, 6) is 6.81. The van der Waals surface area contributed by atoms with E-state index >= 15 is 0 Å². The predicted octanol–water partition coefficient (Wildman–Crippen LogP) is 2.38. The smallest absolute Gasteiger partial charge is 0.160 e. The van der Waals surface area contributed by atoms with Crippen molar-refractivity contribution in [1.82, 2.24) is 9.97 Å². The highest BCUT2D eigenvalue weighted by atomic mass is 32.1. The number of nitrogens with two attached hydrogens (primary N) is 1. The van der Waals surface area contributed by atoms with Crippen LogP contribution in [0.25, 0.3) is 10.2 Å². The Balaban J connectivity index is 2.51. The summed E-state index contributed by atoms with van der Waals surface area (Å²) in [5.41, 5.74) is 2.62. The zero-order chi connectivity index (χ0) is 12.4. The normalized spacial score (nSPS) is 12.9. The van der Waals surface area contributed by atoms with Crippen LogP contribution in [0.15, 0.2) is 6.07 Å². The van der Waals surface area contributed by atoms with E-state index in [2.05, 4.69) is 15.4 Å². The molecule has 2 heterocycles. The molecule has 92 valence electrons. The SMILES string of the molecule is CCOC(C)c1nc(NN)c2cc(C)sc2n1. The highest BCUT2D eigenvalue weighted by Gasteiger charge is 2.14. The van der Waals surface area contributed by atoms with E-state index in [0.717, 1.165) is 10.2 Å². The molecule has 0 amide bonds. The van der Waals surface area contributed by atoms with Crippen LogP contribution in [0.1, 0.15) is 30.7 Å². The summed E-state index contributed by atoms with van der Waals surface area (Å²) in [4.78, 5) is 11.0. The van der Waals surface area contributed by atoms with Crippen LogP contribution in [0, 0.1) is 6.92 Å². The van der Waals surface area contributed by atoms with Gasteiger partial charge in [0, 0.05) is 11.5 Å². The van der Waals surface area contributed by atoms with Gasteiger partial charge in [-0.05, 0) is 26.8 Å². The van der Waals surface area contributed by atoms with Gasteiger partial charge >= 0.3 is 0 Å². The van der Waals surface area contributed by atoms with Gasteiger partial charge < -0.3 is 10.2 Å². The summed E-state index contributed by atoms with van der Waals surface area (Å²) >= 11 is 1.63. The molecule has 3 N–H and O–H groups in total. The Morgan fingerprint density at radius 1 is 1.53 bits per heavy atom. The molecule has 0 aromatic carbocycles. The maximum atomic E-state index is 5.49. The monoisotopic (exact) mass is 252 g/mol. The standard InChI is InChI=1S/C11H16N4OS/c1-4-16-7(3)9-13-10(15-12)8-5-6(2)17-11(8)14-9/h5,7H,4,12H2,1-3H3,(H,13,14,15). The number of anilines is 1. The van der Waals surface area contributed by atoms with Crippen molar-refractivity contribution in [3.63, 3.8) is 0 Å². The molecule has 0 aliphatic rings. The van der Waals surface area contributed by atoms with Gasteiger partial charge in [-0.15, -0.1) is 11.3 Å². The first-order valence-corrected chi connectivity index (χ1v) is 6.33. The fourth-order valence-electron chi connectivity index (χ4n) is 1.67. The number of hydrogen-bond donors (Lipinski definition) is 2. The fraction of sp³-hybridized carbons (Fsp3) is 0.455. The van der Waals surface area contributed by atoms with E-state index in [1.807, 2.05) is 26.8 Å². The molecule has 0 bridgehead atoms. The van der Waals surface area contributed by atoms with Crippen LogP contribution >= 0.6 is 11.3 Å². The topological polar surface area (TPSA) is 73.1 Å². The number of thiophene rings is 1. The van der Waals surface area contributed by atoms with Gasteiger partial charge in [0.05, 0.1) is 5.39 Å². The van der Waals surface area contributed by atoms with E-state index in [-0.39, 0.29) is 6.10 Å². The molecule has 6 heteroatoms. The van der Waals surface area contributed by atoms with Gasteiger partial charge in [0.2, 0.25) is 0 Å². The molecule has 0 saturated heterocycles. The first-order chi connectivity index (χ1) is 8.15. The molecule has 2 aromatic rings. The predicted molar refractivity (Wildman–Crippen MR) is 70.0 cm³/mol. The van der Waals surface area contributed by atoms with E-state index in [1.165, 1.54) is 4.88 Å². The molecule has 0 fully saturated rings. The van der Waals surface area contributed by atoms with Crippen LogP contribution in [-0.2, 0) is 4.74 Å². The molecule has 2 aromatic heterocycles. The van der Waals surface area contributed by atoms with Gasteiger partial charge in [-0.2, -0.15) is 0 Å². The van der Waals surface area contributed by atoms with Crippen molar-refractivity contribution >= 4 is 27.4 Å².